The fourth-order valence-corrected chi connectivity index (χ4v) is 2.42. The zero-order valence-corrected chi connectivity index (χ0v) is 12.7. The Morgan fingerprint density at radius 1 is 1.32 bits per heavy atom. The first-order chi connectivity index (χ1) is 9.06. The first kappa shape index (κ1) is 14.2. The van der Waals surface area contributed by atoms with Gasteiger partial charge in [-0.3, -0.25) is 0 Å². The number of rotatable bonds is 5. The highest BCUT2D eigenvalue weighted by Gasteiger charge is 2.19. The van der Waals surface area contributed by atoms with Gasteiger partial charge in [0.15, 0.2) is 0 Å². The Bertz CT molecular complexity index is 561. The van der Waals surface area contributed by atoms with Crippen LogP contribution in [0.25, 0.3) is 11.0 Å². The van der Waals surface area contributed by atoms with Gasteiger partial charge in [-0.15, -0.1) is 11.6 Å². The number of halogens is 1. The maximum absolute atomic E-state index is 6.26. The Morgan fingerprint density at radius 3 is 2.63 bits per heavy atom. The van der Waals surface area contributed by atoms with Crippen molar-refractivity contribution in [3.63, 3.8) is 0 Å². The van der Waals surface area contributed by atoms with Crippen LogP contribution >= 0.6 is 11.6 Å². The molecule has 1 aromatic carbocycles. The molecule has 0 bridgehead atoms. The van der Waals surface area contributed by atoms with Crippen molar-refractivity contribution < 1.29 is 4.74 Å². The van der Waals surface area contributed by atoms with Gasteiger partial charge in [0.25, 0.3) is 0 Å². The van der Waals surface area contributed by atoms with E-state index in [9.17, 15) is 0 Å². The van der Waals surface area contributed by atoms with E-state index in [1.165, 1.54) is 0 Å². The Hall–Kier alpha value is -1.22. The molecule has 0 saturated carbocycles. The summed E-state index contributed by atoms with van der Waals surface area (Å²) in [5.41, 5.74) is 2.00. The van der Waals surface area contributed by atoms with Gasteiger partial charge in [-0.05, 0) is 39.3 Å². The smallest absolute Gasteiger partial charge is 0.147 e. The number of nitrogens with zero attached hydrogens (tertiary/aromatic N) is 2. The molecule has 19 heavy (non-hydrogen) atoms. The molecule has 0 N–H and O–H groups in total. The van der Waals surface area contributed by atoms with Crippen molar-refractivity contribution in [3.05, 3.63) is 24.0 Å². The highest BCUT2D eigenvalue weighted by molar-refractivity contribution is 6.20. The Kier molecular flexibility index (Phi) is 4.35. The van der Waals surface area contributed by atoms with Crippen molar-refractivity contribution >= 4 is 22.6 Å². The third-order valence-corrected chi connectivity index (χ3v) is 3.24. The number of hydrogen-bond donors (Lipinski definition) is 0. The van der Waals surface area contributed by atoms with E-state index >= 15 is 0 Å². The van der Waals surface area contributed by atoms with Crippen molar-refractivity contribution in [2.24, 2.45) is 0 Å². The lowest BCUT2D eigenvalue weighted by Gasteiger charge is -2.14. The Balaban J connectivity index is 2.61. The van der Waals surface area contributed by atoms with E-state index in [4.69, 9.17) is 21.3 Å². The first-order valence-corrected chi connectivity index (χ1v) is 7.27. The van der Waals surface area contributed by atoms with Gasteiger partial charge < -0.3 is 9.30 Å². The molecule has 1 heterocycles. The number of fused-ring (bicyclic) bond motifs is 1. The summed E-state index contributed by atoms with van der Waals surface area (Å²) in [5, 5.41) is -0.117. The van der Waals surface area contributed by atoms with Gasteiger partial charge in [0.1, 0.15) is 17.1 Å². The molecule has 0 aliphatic carbocycles. The molecule has 0 aliphatic rings. The second-order valence-corrected chi connectivity index (χ2v) is 5.68. The topological polar surface area (TPSA) is 27.1 Å². The molecule has 2 aromatic rings. The predicted octanol–water partition coefficient (Wildman–Crippen LogP) is 4.71. The Morgan fingerprint density at radius 2 is 2.05 bits per heavy atom. The number of ether oxygens (including phenoxy) is 1. The number of para-hydroxylation sites is 1. The first-order valence-electron chi connectivity index (χ1n) is 6.84. The van der Waals surface area contributed by atoms with Gasteiger partial charge in [0.2, 0.25) is 0 Å². The van der Waals surface area contributed by atoms with Crippen molar-refractivity contribution in [1.82, 2.24) is 9.55 Å². The van der Waals surface area contributed by atoms with Crippen LogP contribution in [0.1, 0.15) is 51.4 Å². The van der Waals surface area contributed by atoms with E-state index in [0.29, 0.717) is 12.6 Å². The molecule has 0 radical (unpaired) electrons. The van der Waals surface area contributed by atoms with E-state index in [0.717, 1.165) is 29.0 Å². The molecule has 2 rings (SSSR count). The SMILES string of the molecule is CCCOc1cccc2c1nc(C(C)Cl)n2C(C)C. The standard InChI is InChI=1S/C15H21ClN2O/c1-5-9-19-13-8-6-7-12-14(13)17-15(11(4)16)18(12)10(2)3/h6-8,10-11H,5,9H2,1-4H3. The fraction of sp³-hybridized carbons (Fsp3) is 0.533. The maximum atomic E-state index is 6.26. The van der Waals surface area contributed by atoms with E-state index in [-0.39, 0.29) is 5.38 Å². The summed E-state index contributed by atoms with van der Waals surface area (Å²) >= 11 is 6.26. The minimum atomic E-state index is -0.117. The molecular weight excluding hydrogens is 260 g/mol. The molecule has 104 valence electrons. The summed E-state index contributed by atoms with van der Waals surface area (Å²) in [6.07, 6.45) is 0.986. The predicted molar refractivity (Wildman–Crippen MR) is 80.2 cm³/mol. The largest absolute Gasteiger partial charge is 0.491 e. The van der Waals surface area contributed by atoms with Crippen molar-refractivity contribution in [2.75, 3.05) is 6.61 Å². The molecule has 0 amide bonds. The lowest BCUT2D eigenvalue weighted by molar-refractivity contribution is 0.320. The molecule has 0 fully saturated rings. The number of benzene rings is 1. The minimum Gasteiger partial charge on any atom is -0.491 e. The van der Waals surface area contributed by atoms with E-state index in [1.807, 2.05) is 19.1 Å². The molecule has 0 aliphatic heterocycles. The van der Waals surface area contributed by atoms with Crippen LogP contribution in [0.4, 0.5) is 0 Å². The molecule has 1 unspecified atom stereocenters. The van der Waals surface area contributed by atoms with Gasteiger partial charge in [-0.2, -0.15) is 0 Å². The minimum absolute atomic E-state index is 0.117. The summed E-state index contributed by atoms with van der Waals surface area (Å²) in [5.74, 6) is 1.75. The second kappa shape index (κ2) is 5.83. The molecule has 1 atom stereocenters. The van der Waals surface area contributed by atoms with Gasteiger partial charge in [-0.1, -0.05) is 13.0 Å². The number of hydrogen-bond acceptors (Lipinski definition) is 2. The number of aromatic nitrogens is 2. The van der Waals surface area contributed by atoms with Gasteiger partial charge in [0, 0.05) is 6.04 Å². The number of alkyl halides is 1. The van der Waals surface area contributed by atoms with Crippen LogP contribution in [0.5, 0.6) is 5.75 Å². The monoisotopic (exact) mass is 280 g/mol. The van der Waals surface area contributed by atoms with Gasteiger partial charge >= 0.3 is 0 Å². The lowest BCUT2D eigenvalue weighted by atomic mass is 10.2. The lowest BCUT2D eigenvalue weighted by Crippen LogP contribution is -2.06. The summed E-state index contributed by atoms with van der Waals surface area (Å²) in [6.45, 7) is 9.04. The normalized spacial score (nSPS) is 13.2. The second-order valence-electron chi connectivity index (χ2n) is 5.02. The number of imidazole rings is 1. The molecular formula is C15H21ClN2O. The van der Waals surface area contributed by atoms with Crippen LogP contribution in [0.2, 0.25) is 0 Å². The van der Waals surface area contributed by atoms with Crippen LogP contribution in [0, 0.1) is 0 Å². The summed E-state index contributed by atoms with van der Waals surface area (Å²) in [6, 6.07) is 6.38. The summed E-state index contributed by atoms with van der Waals surface area (Å²) in [4.78, 5) is 4.69. The van der Waals surface area contributed by atoms with Gasteiger partial charge in [-0.25, -0.2) is 4.98 Å². The van der Waals surface area contributed by atoms with E-state index in [2.05, 4.69) is 31.4 Å². The highest BCUT2D eigenvalue weighted by Crippen LogP contribution is 2.32. The fourth-order valence-electron chi connectivity index (χ4n) is 2.26. The average molecular weight is 281 g/mol. The third kappa shape index (κ3) is 2.71. The zero-order chi connectivity index (χ0) is 14.0. The van der Waals surface area contributed by atoms with E-state index < -0.39 is 0 Å². The van der Waals surface area contributed by atoms with Crippen LogP contribution < -0.4 is 4.74 Å². The molecule has 0 saturated heterocycles. The van der Waals surface area contributed by atoms with Crippen molar-refractivity contribution in [2.45, 2.75) is 45.5 Å². The summed E-state index contributed by atoms with van der Waals surface area (Å²) < 4.78 is 7.96. The maximum Gasteiger partial charge on any atom is 0.147 e. The highest BCUT2D eigenvalue weighted by atomic mass is 35.5. The molecule has 0 spiro atoms. The van der Waals surface area contributed by atoms with Crippen LogP contribution in [-0.2, 0) is 0 Å². The Labute approximate surface area is 119 Å². The quantitative estimate of drug-likeness (QED) is 0.742. The van der Waals surface area contributed by atoms with Crippen LogP contribution in [0.15, 0.2) is 18.2 Å². The van der Waals surface area contributed by atoms with Crippen LogP contribution in [0.3, 0.4) is 0 Å². The third-order valence-electron chi connectivity index (χ3n) is 3.04. The zero-order valence-electron chi connectivity index (χ0n) is 12.0. The molecule has 4 heteroatoms. The van der Waals surface area contributed by atoms with Crippen LogP contribution in [-0.4, -0.2) is 16.2 Å². The van der Waals surface area contributed by atoms with Gasteiger partial charge in [0.05, 0.1) is 17.5 Å². The molecule has 1 aromatic heterocycles. The van der Waals surface area contributed by atoms with Crippen molar-refractivity contribution in [1.29, 1.82) is 0 Å². The van der Waals surface area contributed by atoms with E-state index in [1.54, 1.807) is 0 Å². The van der Waals surface area contributed by atoms with Crippen molar-refractivity contribution in [3.8, 4) is 5.75 Å². The molecule has 3 nitrogen and oxygen atoms in total. The summed E-state index contributed by atoms with van der Waals surface area (Å²) in [7, 11) is 0. The average Bonchev–Trinajstić information content (AvgIpc) is 2.76.